The molecule has 0 spiro atoms. The molecule has 0 aliphatic carbocycles. The molecule has 1 aromatic carbocycles. The molecule has 1 heterocycles. The van der Waals surface area contributed by atoms with Crippen LogP contribution in [0.15, 0.2) is 24.3 Å². The molecule has 1 unspecified atom stereocenters. The lowest BCUT2D eigenvalue weighted by Gasteiger charge is -2.16. The largest absolute Gasteiger partial charge is 0.383 e. The Labute approximate surface area is 106 Å². The third kappa shape index (κ3) is 2.45. The van der Waals surface area contributed by atoms with Crippen LogP contribution in [0.2, 0.25) is 0 Å². The summed E-state index contributed by atoms with van der Waals surface area (Å²) in [7, 11) is 1.72. The molecule has 0 aliphatic heterocycles. The number of para-hydroxylation sites is 2. The number of imidazole rings is 1. The second kappa shape index (κ2) is 5.52. The van der Waals surface area contributed by atoms with Crippen molar-refractivity contribution in [3.63, 3.8) is 0 Å². The number of aryl methyl sites for hydroxylation is 1. The number of ether oxygens (including phenoxy) is 1. The van der Waals surface area contributed by atoms with Crippen LogP contribution in [-0.2, 0) is 11.2 Å². The van der Waals surface area contributed by atoms with Crippen LogP contribution < -0.4 is 0 Å². The number of hydrogen-bond acceptors (Lipinski definition) is 2. The predicted octanol–water partition coefficient (Wildman–Crippen LogP) is 3.03. The third-order valence-corrected chi connectivity index (χ3v) is 3.02. The molecule has 17 heavy (non-hydrogen) atoms. The molecule has 2 aromatic rings. The molecule has 0 N–H and O–H groups in total. The molecule has 0 saturated heterocycles. The van der Waals surface area contributed by atoms with Gasteiger partial charge in [-0.2, -0.15) is 0 Å². The number of nitrogens with zero attached hydrogens (tertiary/aromatic N) is 2. The summed E-state index contributed by atoms with van der Waals surface area (Å²) in [5, 5.41) is 0. The Kier molecular flexibility index (Phi) is 4.02. The van der Waals surface area contributed by atoms with Gasteiger partial charge in [0.15, 0.2) is 0 Å². The van der Waals surface area contributed by atoms with Gasteiger partial charge in [-0.05, 0) is 19.1 Å². The van der Waals surface area contributed by atoms with Crippen LogP contribution in [0.3, 0.4) is 0 Å². The van der Waals surface area contributed by atoms with E-state index in [0.29, 0.717) is 12.5 Å². The fraction of sp³-hybridized carbons (Fsp3) is 0.462. The first kappa shape index (κ1) is 12.4. The molecule has 1 atom stereocenters. The molecule has 0 aliphatic rings. The SMILES string of the molecule is COCC(C)n1c(CCCl)nc2ccccc21. The van der Waals surface area contributed by atoms with E-state index in [-0.39, 0.29) is 6.04 Å². The number of fused-ring (bicyclic) bond motifs is 1. The molecule has 1 aromatic heterocycles. The van der Waals surface area contributed by atoms with Crippen molar-refractivity contribution >= 4 is 22.6 Å². The maximum Gasteiger partial charge on any atom is 0.111 e. The Morgan fingerprint density at radius 3 is 2.88 bits per heavy atom. The summed E-state index contributed by atoms with van der Waals surface area (Å²) in [4.78, 5) is 4.63. The van der Waals surface area contributed by atoms with Gasteiger partial charge in [0.05, 0.1) is 23.7 Å². The zero-order valence-electron chi connectivity index (χ0n) is 10.2. The second-order valence-corrected chi connectivity index (χ2v) is 4.51. The van der Waals surface area contributed by atoms with Crippen molar-refractivity contribution in [2.24, 2.45) is 0 Å². The number of methoxy groups -OCH3 is 1. The van der Waals surface area contributed by atoms with Crippen LogP contribution in [-0.4, -0.2) is 29.1 Å². The number of rotatable bonds is 5. The van der Waals surface area contributed by atoms with E-state index in [1.54, 1.807) is 7.11 Å². The highest BCUT2D eigenvalue weighted by Crippen LogP contribution is 2.21. The average Bonchev–Trinajstić information content (AvgIpc) is 2.67. The molecule has 0 radical (unpaired) electrons. The van der Waals surface area contributed by atoms with E-state index < -0.39 is 0 Å². The van der Waals surface area contributed by atoms with E-state index in [9.17, 15) is 0 Å². The maximum atomic E-state index is 5.83. The van der Waals surface area contributed by atoms with Crippen molar-refractivity contribution in [3.8, 4) is 0 Å². The van der Waals surface area contributed by atoms with Gasteiger partial charge in [-0.25, -0.2) is 4.98 Å². The molecular formula is C13H17ClN2O. The van der Waals surface area contributed by atoms with Gasteiger partial charge in [0.25, 0.3) is 0 Å². The molecule has 0 bridgehead atoms. The lowest BCUT2D eigenvalue weighted by atomic mass is 10.3. The van der Waals surface area contributed by atoms with Crippen LogP contribution >= 0.6 is 11.6 Å². The highest BCUT2D eigenvalue weighted by molar-refractivity contribution is 6.17. The molecule has 4 heteroatoms. The lowest BCUT2D eigenvalue weighted by molar-refractivity contribution is 0.162. The summed E-state index contributed by atoms with van der Waals surface area (Å²) in [5.41, 5.74) is 2.17. The topological polar surface area (TPSA) is 27.1 Å². The fourth-order valence-corrected chi connectivity index (χ4v) is 2.33. The third-order valence-electron chi connectivity index (χ3n) is 2.84. The number of hydrogen-bond donors (Lipinski definition) is 0. The highest BCUT2D eigenvalue weighted by Gasteiger charge is 2.14. The molecule has 0 saturated carbocycles. The van der Waals surface area contributed by atoms with E-state index in [1.165, 1.54) is 0 Å². The van der Waals surface area contributed by atoms with E-state index >= 15 is 0 Å². The molecule has 0 amide bonds. The molecule has 2 rings (SSSR count). The number of aromatic nitrogens is 2. The van der Waals surface area contributed by atoms with E-state index in [1.807, 2.05) is 18.2 Å². The fourth-order valence-electron chi connectivity index (χ4n) is 2.16. The Balaban J connectivity index is 2.51. The standard InChI is InChI=1S/C13H17ClN2O/c1-10(9-17-2)16-12-6-4-3-5-11(12)15-13(16)7-8-14/h3-6,10H,7-9H2,1-2H3. The van der Waals surface area contributed by atoms with Gasteiger partial charge >= 0.3 is 0 Å². The summed E-state index contributed by atoms with van der Waals surface area (Å²) in [6.07, 6.45) is 0.782. The Hall–Kier alpha value is -1.06. The lowest BCUT2D eigenvalue weighted by Crippen LogP contribution is -2.14. The minimum atomic E-state index is 0.269. The van der Waals surface area contributed by atoms with E-state index in [0.717, 1.165) is 23.3 Å². The van der Waals surface area contributed by atoms with Crippen LogP contribution in [0.1, 0.15) is 18.8 Å². The molecule has 92 valence electrons. The van der Waals surface area contributed by atoms with Gasteiger partial charge < -0.3 is 9.30 Å². The molecular weight excluding hydrogens is 236 g/mol. The summed E-state index contributed by atoms with van der Waals surface area (Å²) in [6, 6.07) is 8.43. The molecule has 3 nitrogen and oxygen atoms in total. The number of halogens is 1. The van der Waals surface area contributed by atoms with Crippen molar-refractivity contribution in [1.82, 2.24) is 9.55 Å². The maximum absolute atomic E-state index is 5.83. The predicted molar refractivity (Wildman–Crippen MR) is 70.7 cm³/mol. The van der Waals surface area contributed by atoms with Gasteiger partial charge in [-0.1, -0.05) is 12.1 Å². The summed E-state index contributed by atoms with van der Waals surface area (Å²) in [5.74, 6) is 1.62. The van der Waals surface area contributed by atoms with Crippen molar-refractivity contribution < 1.29 is 4.74 Å². The summed E-state index contributed by atoms with van der Waals surface area (Å²) < 4.78 is 7.45. The van der Waals surface area contributed by atoms with E-state index in [4.69, 9.17) is 16.3 Å². The smallest absolute Gasteiger partial charge is 0.111 e. The number of alkyl halides is 1. The Bertz CT molecular complexity index is 495. The first-order valence-corrected chi connectivity index (χ1v) is 6.32. The average molecular weight is 253 g/mol. The zero-order valence-corrected chi connectivity index (χ0v) is 10.9. The van der Waals surface area contributed by atoms with Crippen LogP contribution in [0.4, 0.5) is 0 Å². The summed E-state index contributed by atoms with van der Waals surface area (Å²) in [6.45, 7) is 2.81. The highest BCUT2D eigenvalue weighted by atomic mass is 35.5. The van der Waals surface area contributed by atoms with Crippen molar-refractivity contribution in [2.45, 2.75) is 19.4 Å². The minimum absolute atomic E-state index is 0.269. The number of benzene rings is 1. The van der Waals surface area contributed by atoms with Gasteiger partial charge in [0, 0.05) is 19.4 Å². The van der Waals surface area contributed by atoms with Crippen molar-refractivity contribution in [1.29, 1.82) is 0 Å². The van der Waals surface area contributed by atoms with Gasteiger partial charge in [0.1, 0.15) is 5.82 Å². The molecule has 0 fully saturated rings. The van der Waals surface area contributed by atoms with Crippen LogP contribution in [0, 0.1) is 0 Å². The Morgan fingerprint density at radius 2 is 2.18 bits per heavy atom. The van der Waals surface area contributed by atoms with Crippen molar-refractivity contribution in [2.75, 3.05) is 19.6 Å². The zero-order chi connectivity index (χ0) is 12.3. The monoisotopic (exact) mass is 252 g/mol. The van der Waals surface area contributed by atoms with Gasteiger partial charge in [-0.15, -0.1) is 11.6 Å². The quantitative estimate of drug-likeness (QED) is 0.765. The first-order valence-electron chi connectivity index (χ1n) is 5.78. The minimum Gasteiger partial charge on any atom is -0.383 e. The van der Waals surface area contributed by atoms with E-state index in [2.05, 4.69) is 22.5 Å². The van der Waals surface area contributed by atoms with Crippen LogP contribution in [0.25, 0.3) is 11.0 Å². The van der Waals surface area contributed by atoms with Crippen molar-refractivity contribution in [3.05, 3.63) is 30.1 Å². The normalized spacial score (nSPS) is 13.1. The van der Waals surface area contributed by atoms with Gasteiger partial charge in [0.2, 0.25) is 0 Å². The Morgan fingerprint density at radius 1 is 1.41 bits per heavy atom. The second-order valence-electron chi connectivity index (χ2n) is 4.13. The van der Waals surface area contributed by atoms with Crippen LogP contribution in [0.5, 0.6) is 0 Å². The summed E-state index contributed by atoms with van der Waals surface area (Å²) >= 11 is 5.83. The first-order chi connectivity index (χ1) is 8.27. The van der Waals surface area contributed by atoms with Gasteiger partial charge in [-0.3, -0.25) is 0 Å².